The SMILES string of the molecule is Cc1ccc(CCNC(=O)c2csc(CNC(=O)COc3ccc(OC(F)(F)F)cc3)n2)c(C)c1.Cc1ccc(F)cc1CNC(=O)c1csc(CNC(=O)COc2ccc(OC(F)(F)F)cc2)n1.Cc1cccc(CNC(=O)c2nc(CNC(=O)COc3ccc(OC(F)(F)F)cc3)sc2N2CSC=C2C(N)=O)c1C.O=C(COc1ccc(OC(F)(F)F)cc1)NCc1nc(C(=O)NCCc2ccncc2)cs1. The van der Waals surface area contributed by atoms with Crippen molar-refractivity contribution < 1.29 is 138 Å². The van der Waals surface area contributed by atoms with E-state index in [1.54, 1.807) is 39.5 Å². The Morgan fingerprint density at radius 2 is 0.778 bits per heavy atom. The summed E-state index contributed by atoms with van der Waals surface area (Å²) in [6.07, 6.45) is -14.4. The van der Waals surface area contributed by atoms with E-state index in [9.17, 15) is 100 Å². The minimum Gasteiger partial charge on any atom is -0.484 e. The van der Waals surface area contributed by atoms with Crippen LogP contribution < -0.4 is 91.1 Å². The molecule has 0 atom stereocenters. The molecule has 0 fully saturated rings. The second-order valence-corrected chi connectivity index (χ2v) is 34.9. The number of carbonyl (C=O) groups is 9. The van der Waals surface area contributed by atoms with E-state index < -0.39 is 90.7 Å². The van der Waals surface area contributed by atoms with Crippen molar-refractivity contribution in [2.75, 3.05) is 50.3 Å². The van der Waals surface area contributed by atoms with Crippen LogP contribution in [0.3, 0.4) is 0 Å². The molecule has 9 amide bonds. The van der Waals surface area contributed by atoms with Gasteiger partial charge in [0.2, 0.25) is 0 Å². The van der Waals surface area contributed by atoms with Crippen molar-refractivity contribution in [3.8, 4) is 46.0 Å². The third kappa shape index (κ3) is 38.7. The molecule has 10 N–H and O–H groups in total. The fourth-order valence-electron chi connectivity index (χ4n) is 12.2. The van der Waals surface area contributed by atoms with Crippen LogP contribution in [0.2, 0.25) is 0 Å². The Bertz CT molecular complexity index is 6400. The number of carbonyl (C=O) groups excluding carboxylic acids is 9. The Labute approximate surface area is 832 Å². The highest BCUT2D eigenvalue weighted by Gasteiger charge is 2.35. The summed E-state index contributed by atoms with van der Waals surface area (Å²) in [7, 11) is 0. The number of hydrogen-bond donors (Lipinski definition) is 9. The monoisotopic (exact) mass is 2110 g/mol. The third-order valence-corrected chi connectivity index (χ3v) is 23.8. The lowest BCUT2D eigenvalue weighted by Gasteiger charge is -2.18. The number of primary amides is 1. The lowest BCUT2D eigenvalue weighted by molar-refractivity contribution is -0.275. The molecule has 1 aliphatic rings. The molecule has 144 heavy (non-hydrogen) atoms. The fraction of sp³-hybridized carbons (Fsp3) is 0.255. The van der Waals surface area contributed by atoms with Gasteiger partial charge in [-0.25, -0.2) is 24.3 Å². The zero-order valence-electron chi connectivity index (χ0n) is 76.3. The summed E-state index contributed by atoms with van der Waals surface area (Å²) in [6, 6.07) is 38.7. The van der Waals surface area contributed by atoms with Crippen LogP contribution in [0.1, 0.15) is 112 Å². The molecule has 0 spiro atoms. The van der Waals surface area contributed by atoms with Crippen molar-refractivity contribution in [1.82, 2.24) is 67.5 Å². The Kier molecular flexibility index (Phi) is 40.8. The maximum atomic E-state index is 13.4. The van der Waals surface area contributed by atoms with E-state index in [-0.39, 0.29) is 134 Å². The van der Waals surface area contributed by atoms with E-state index in [4.69, 9.17) is 24.7 Å². The number of thiazole rings is 4. The van der Waals surface area contributed by atoms with Crippen molar-refractivity contribution in [3.05, 3.63) is 302 Å². The van der Waals surface area contributed by atoms with E-state index in [0.717, 1.165) is 87.7 Å². The fourth-order valence-corrected chi connectivity index (χ4v) is 16.4. The molecule has 12 aromatic rings. The quantitative estimate of drug-likeness (QED) is 0.0161. The van der Waals surface area contributed by atoms with Crippen LogP contribution in [0.15, 0.2) is 203 Å². The van der Waals surface area contributed by atoms with Gasteiger partial charge in [-0.2, -0.15) is 0 Å². The largest absolute Gasteiger partial charge is 0.573 e. The lowest BCUT2D eigenvalue weighted by Crippen LogP contribution is -2.30. The van der Waals surface area contributed by atoms with Crippen LogP contribution in [0.4, 0.5) is 62.1 Å². The van der Waals surface area contributed by atoms with Crippen LogP contribution in [-0.2, 0) is 76.1 Å². The predicted molar refractivity (Wildman–Crippen MR) is 504 cm³/mol. The van der Waals surface area contributed by atoms with E-state index in [2.05, 4.69) is 98.5 Å². The Morgan fingerprint density at radius 3 is 1.19 bits per heavy atom. The number of thioether (sulfide) groups is 1. The number of ether oxygens (including phenoxy) is 8. The normalized spacial score (nSPS) is 11.6. The van der Waals surface area contributed by atoms with Crippen molar-refractivity contribution in [2.24, 2.45) is 5.73 Å². The molecule has 762 valence electrons. The Hall–Kier alpha value is -15.2. The first kappa shape index (κ1) is 111. The minimum absolute atomic E-state index is 0.0426. The molecule has 6 heterocycles. The molecule has 0 saturated heterocycles. The number of halogens is 13. The van der Waals surface area contributed by atoms with Gasteiger partial charge in [0.05, 0.1) is 32.1 Å². The summed E-state index contributed by atoms with van der Waals surface area (Å²) < 4.78 is 196. The highest BCUT2D eigenvalue weighted by atomic mass is 32.2. The van der Waals surface area contributed by atoms with E-state index in [1.807, 2.05) is 71.0 Å². The van der Waals surface area contributed by atoms with Crippen LogP contribution >= 0.6 is 57.1 Å². The molecule has 0 aliphatic carbocycles. The standard InChI is InChI=1S/C27H26F3N5O5S2.C24H24F3N3O4S.C22H19F4N3O4S.C21H19F3N4O4S/c1-15-4-3-5-17(16(15)2)10-33-25(38)23-26(35-14-41-13-20(35)24(31)37)42-22(34-23)11-32-21(36)12-39-18-6-8-19(9-7-18)40-27(28,29)30;1-15-3-4-17(16(2)11-15)9-10-28-23(32)20-14-35-22(30-20)12-29-21(31)13-33-18-5-7-19(8-6-18)34-24(25,26)27;1-13-2-3-15(23)8-14(13)9-28-21(31)18-12-34-20(29-18)10-27-19(30)11-32-16-4-6-17(7-5-16)33-22(24,25)26;22-21(23,24)32-16-3-1-15(2-4-16)31-12-18(29)27-11-19-28-17(13-33-19)20(30)26-10-7-14-5-8-25-9-6-14/h3-9,13H,10-12,14H2,1-2H3,(H2,31,37)(H,32,36)(H,33,38);3-8,11,14H,9-10,12-13H2,1-2H3,(H,28,32)(H,29,31);2-8,12H,9-11H2,1H3,(H,27,30)(H,28,31);1-6,8-9,13H,7,10-12H2,(H,26,30)(H,27,29). The maximum Gasteiger partial charge on any atom is 0.573 e. The van der Waals surface area contributed by atoms with Gasteiger partial charge >= 0.3 is 25.4 Å². The van der Waals surface area contributed by atoms with Gasteiger partial charge in [-0.3, -0.25) is 48.1 Å². The van der Waals surface area contributed by atoms with Crippen molar-refractivity contribution in [2.45, 2.75) is 112 Å². The van der Waals surface area contributed by atoms with Gasteiger partial charge in [-0.05, 0) is 213 Å². The van der Waals surface area contributed by atoms with E-state index in [0.29, 0.717) is 62.4 Å². The van der Waals surface area contributed by atoms with Gasteiger partial charge in [0.25, 0.3) is 53.2 Å². The maximum absolute atomic E-state index is 13.4. The van der Waals surface area contributed by atoms with Gasteiger partial charge < -0.3 is 91.1 Å². The molecule has 32 nitrogen and oxygen atoms in total. The van der Waals surface area contributed by atoms with E-state index >= 15 is 0 Å². The van der Waals surface area contributed by atoms with Crippen LogP contribution in [0.25, 0.3) is 0 Å². The first-order chi connectivity index (χ1) is 68.4. The molecule has 50 heteroatoms. The van der Waals surface area contributed by atoms with E-state index in [1.165, 1.54) is 129 Å². The number of hydrogen-bond acceptors (Lipinski definition) is 28. The number of aryl methyl sites for hydroxylation is 4. The highest BCUT2D eigenvalue weighted by Crippen LogP contribution is 2.38. The molecule has 1 aliphatic heterocycles. The summed E-state index contributed by atoms with van der Waals surface area (Å²) in [6.45, 7) is 9.95. The number of benzene rings is 7. The molecule has 5 aromatic heterocycles. The molecule has 0 bridgehead atoms. The lowest BCUT2D eigenvalue weighted by atomic mass is 10.0. The first-order valence-corrected chi connectivity index (χ1v) is 47.0. The number of nitrogens with zero attached hydrogens (tertiary/aromatic N) is 6. The first-order valence-electron chi connectivity index (χ1n) is 42.5. The van der Waals surface area contributed by atoms with Gasteiger partial charge in [0.1, 0.15) is 99.6 Å². The molecule has 13 rings (SSSR count). The van der Waals surface area contributed by atoms with Gasteiger partial charge in [-0.15, -0.1) is 98.5 Å². The summed E-state index contributed by atoms with van der Waals surface area (Å²) in [4.78, 5) is 133. The third-order valence-electron chi connectivity index (χ3n) is 19.4. The Morgan fingerprint density at radius 1 is 0.389 bits per heavy atom. The summed E-state index contributed by atoms with van der Waals surface area (Å²) in [5, 5.41) is 30.4. The second kappa shape index (κ2) is 53.1. The number of aromatic nitrogens is 5. The number of anilines is 1. The number of nitrogens with two attached hydrogens (primary N) is 1. The number of rotatable bonds is 40. The molecular weight excluding hydrogens is 2020 g/mol. The average molecular weight is 2110 g/mol. The highest BCUT2D eigenvalue weighted by molar-refractivity contribution is 8.02. The minimum atomic E-state index is -4.82. The zero-order valence-corrected chi connectivity index (χ0v) is 80.4. The molecule has 0 unspecified atom stereocenters. The number of nitrogens with one attached hydrogen (secondary N) is 8. The molecule has 0 saturated carbocycles. The van der Waals surface area contributed by atoms with Gasteiger partial charge in [0.15, 0.2) is 32.1 Å². The van der Waals surface area contributed by atoms with Crippen LogP contribution in [-0.4, -0.2) is 149 Å². The summed E-state index contributed by atoms with van der Waals surface area (Å²) in [5.41, 5.74) is 15.7. The van der Waals surface area contributed by atoms with Gasteiger partial charge in [-0.1, -0.05) is 59.4 Å². The van der Waals surface area contributed by atoms with Crippen molar-refractivity contribution in [1.29, 1.82) is 0 Å². The number of alkyl halides is 12. The molecule has 7 aromatic carbocycles. The number of pyridine rings is 1. The Balaban J connectivity index is 0.000000198. The van der Waals surface area contributed by atoms with Gasteiger partial charge in [0, 0.05) is 60.1 Å². The zero-order chi connectivity index (χ0) is 104. The predicted octanol–water partition coefficient (Wildman–Crippen LogP) is 15.7. The molecular formula is C94H88F13N15O17S5. The summed E-state index contributed by atoms with van der Waals surface area (Å²) >= 11 is 6.11. The average Bonchev–Trinajstić information content (AvgIpc) is 1.64. The van der Waals surface area contributed by atoms with Crippen molar-refractivity contribution in [3.63, 3.8) is 0 Å². The molecule has 0 radical (unpaired) electrons. The smallest absolute Gasteiger partial charge is 0.484 e. The topological polar surface area (TPSA) is 417 Å². The van der Waals surface area contributed by atoms with Crippen LogP contribution in [0.5, 0.6) is 46.0 Å². The summed E-state index contributed by atoms with van der Waals surface area (Å²) in [5.74, 6) is -4.92. The second-order valence-electron chi connectivity index (χ2n) is 30.2. The van der Waals surface area contributed by atoms with Crippen LogP contribution in [0, 0.1) is 40.4 Å². The van der Waals surface area contributed by atoms with Crippen molar-refractivity contribution >= 4 is 115 Å². The number of amides is 9.